The molecule has 3 rings (SSSR count). The minimum Gasteiger partial charge on any atom is -0.480 e. The lowest BCUT2D eigenvalue weighted by Gasteiger charge is -2.37. The highest BCUT2D eigenvalue weighted by Gasteiger charge is 2.48. The average molecular weight is 478 g/mol. The van der Waals surface area contributed by atoms with Crippen LogP contribution in [0.3, 0.4) is 0 Å². The van der Waals surface area contributed by atoms with Gasteiger partial charge in [0.25, 0.3) is 0 Å². The van der Waals surface area contributed by atoms with Gasteiger partial charge in [-0.3, -0.25) is 0 Å². The molecule has 1 heterocycles. The minimum absolute atomic E-state index is 0.00592. The molecule has 1 aliphatic rings. The number of benzene rings is 2. The zero-order valence-electron chi connectivity index (χ0n) is 18.6. The maximum Gasteiger partial charge on any atom is 0.329 e. The Kier molecular flexibility index (Phi) is 7.15. The fourth-order valence-electron chi connectivity index (χ4n) is 3.96. The van der Waals surface area contributed by atoms with Crippen LogP contribution in [-0.4, -0.2) is 43.1 Å². The summed E-state index contributed by atoms with van der Waals surface area (Å²) in [5.74, 6) is -1.08. The van der Waals surface area contributed by atoms with Gasteiger partial charge in [-0.05, 0) is 47.2 Å². The van der Waals surface area contributed by atoms with Gasteiger partial charge in [-0.15, -0.1) is 0 Å². The number of sulfonamides is 1. The summed E-state index contributed by atoms with van der Waals surface area (Å²) in [4.78, 5) is 11.2. The van der Waals surface area contributed by atoms with Gasteiger partial charge >= 0.3 is 5.97 Å². The highest BCUT2D eigenvalue weighted by atomic mass is 35.5. The number of rotatable bonds is 7. The van der Waals surface area contributed by atoms with Gasteiger partial charge < -0.3 is 9.84 Å². The van der Waals surface area contributed by atoms with Crippen LogP contribution in [0.25, 0.3) is 0 Å². The van der Waals surface area contributed by atoms with E-state index in [-0.39, 0.29) is 11.5 Å². The summed E-state index contributed by atoms with van der Waals surface area (Å²) in [7, 11) is -3.91. The van der Waals surface area contributed by atoms with Crippen molar-refractivity contribution in [2.24, 2.45) is 5.41 Å². The molecule has 0 aliphatic carbocycles. The van der Waals surface area contributed by atoms with Gasteiger partial charge in [0.1, 0.15) is 6.61 Å². The second-order valence-corrected chi connectivity index (χ2v) is 11.2. The van der Waals surface area contributed by atoms with Crippen molar-refractivity contribution in [3.8, 4) is 0 Å². The first-order valence-electron chi connectivity index (χ1n) is 10.3. The molecule has 6 nitrogen and oxygen atoms in total. The molecular weight excluding hydrogens is 450 g/mol. The van der Waals surface area contributed by atoms with Crippen molar-refractivity contribution in [2.75, 3.05) is 13.2 Å². The molecule has 172 valence electrons. The monoisotopic (exact) mass is 477 g/mol. The second kappa shape index (κ2) is 9.35. The summed E-state index contributed by atoms with van der Waals surface area (Å²) in [6.07, 6.45) is 1.90. The molecule has 0 saturated carbocycles. The number of halogens is 1. The fraction of sp³-hybridized carbons (Fsp3) is 0.375. The lowest BCUT2D eigenvalue weighted by Crippen LogP contribution is -2.45. The Hall–Kier alpha value is -2.19. The first-order valence-corrected chi connectivity index (χ1v) is 12.1. The van der Waals surface area contributed by atoms with Gasteiger partial charge in [0.2, 0.25) is 10.0 Å². The van der Waals surface area contributed by atoms with E-state index in [1.807, 2.05) is 26.8 Å². The van der Waals surface area contributed by atoms with Gasteiger partial charge in [-0.2, -0.15) is 4.31 Å². The van der Waals surface area contributed by atoms with Crippen molar-refractivity contribution in [3.05, 3.63) is 76.3 Å². The van der Waals surface area contributed by atoms with Crippen molar-refractivity contribution >= 4 is 27.6 Å². The minimum atomic E-state index is -3.91. The molecule has 0 unspecified atom stereocenters. The van der Waals surface area contributed by atoms with Crippen LogP contribution in [0.1, 0.15) is 37.9 Å². The molecule has 0 spiro atoms. The molecule has 0 fully saturated rings. The molecule has 0 saturated heterocycles. The number of ether oxygens (including phenoxy) is 1. The molecule has 0 amide bonds. The van der Waals surface area contributed by atoms with Gasteiger partial charge in [0.05, 0.1) is 17.5 Å². The van der Waals surface area contributed by atoms with Gasteiger partial charge in [-0.25, -0.2) is 13.2 Å². The van der Waals surface area contributed by atoms with Crippen molar-refractivity contribution in [1.29, 1.82) is 0 Å². The SMILES string of the molecule is Cc1ccccc1S(=O)(=O)N1[C@@H](c2ccc(Cl)cc2)C(COCC(=O)O)=C[C@H]1C(C)(C)C. The summed E-state index contributed by atoms with van der Waals surface area (Å²) < 4.78 is 35.0. The average Bonchev–Trinajstić information content (AvgIpc) is 3.09. The smallest absolute Gasteiger partial charge is 0.329 e. The summed E-state index contributed by atoms with van der Waals surface area (Å²) >= 11 is 6.08. The van der Waals surface area contributed by atoms with E-state index < -0.39 is 40.1 Å². The normalized spacial score (nSPS) is 19.7. The van der Waals surface area contributed by atoms with Crippen molar-refractivity contribution in [1.82, 2.24) is 4.31 Å². The molecular formula is C24H28ClNO5S. The van der Waals surface area contributed by atoms with E-state index in [4.69, 9.17) is 21.4 Å². The largest absolute Gasteiger partial charge is 0.480 e. The Balaban J connectivity index is 2.16. The highest BCUT2D eigenvalue weighted by Crippen LogP contribution is 2.46. The number of nitrogens with zero attached hydrogens (tertiary/aromatic N) is 1. The summed E-state index contributed by atoms with van der Waals surface area (Å²) in [5, 5.41) is 9.52. The zero-order chi connectivity index (χ0) is 23.7. The topological polar surface area (TPSA) is 83.9 Å². The number of aliphatic carboxylic acids is 1. The first-order chi connectivity index (χ1) is 14.9. The maximum atomic E-state index is 14.0. The van der Waals surface area contributed by atoms with Crippen molar-refractivity contribution in [3.63, 3.8) is 0 Å². The van der Waals surface area contributed by atoms with E-state index >= 15 is 0 Å². The lowest BCUT2D eigenvalue weighted by atomic mass is 9.87. The Morgan fingerprint density at radius 3 is 2.31 bits per heavy atom. The molecule has 2 aromatic rings. The number of carboxylic acid groups (broad SMARTS) is 1. The Morgan fingerprint density at radius 1 is 1.12 bits per heavy atom. The van der Waals surface area contributed by atoms with Gasteiger partial charge in [-0.1, -0.05) is 68.8 Å². The van der Waals surface area contributed by atoms with Gasteiger partial charge in [0.15, 0.2) is 0 Å². The molecule has 0 aromatic heterocycles. The Bertz CT molecular complexity index is 1120. The third-order valence-corrected chi connectivity index (χ3v) is 7.73. The van der Waals surface area contributed by atoms with E-state index in [2.05, 4.69) is 0 Å². The number of aryl methyl sites for hydroxylation is 1. The predicted octanol–water partition coefficient (Wildman–Crippen LogP) is 4.84. The van der Waals surface area contributed by atoms with Crippen LogP contribution in [0.15, 0.2) is 65.1 Å². The Labute approximate surface area is 194 Å². The van der Waals surface area contributed by atoms with Crippen LogP contribution in [0.4, 0.5) is 0 Å². The van der Waals surface area contributed by atoms with Gasteiger partial charge in [0, 0.05) is 11.1 Å². The molecule has 2 aromatic carbocycles. The van der Waals surface area contributed by atoms with Crippen LogP contribution in [0.5, 0.6) is 0 Å². The van der Waals surface area contributed by atoms with Crippen LogP contribution < -0.4 is 0 Å². The Morgan fingerprint density at radius 2 is 1.75 bits per heavy atom. The zero-order valence-corrected chi connectivity index (χ0v) is 20.2. The summed E-state index contributed by atoms with van der Waals surface area (Å²) in [6.45, 7) is 7.26. The van der Waals surface area contributed by atoms with E-state index in [1.54, 1.807) is 55.5 Å². The van der Waals surface area contributed by atoms with E-state index in [1.165, 1.54) is 4.31 Å². The van der Waals surface area contributed by atoms with E-state index in [0.717, 1.165) is 5.56 Å². The molecule has 1 aliphatic heterocycles. The predicted molar refractivity (Wildman–Crippen MR) is 124 cm³/mol. The molecule has 2 atom stereocenters. The summed E-state index contributed by atoms with van der Waals surface area (Å²) in [5.41, 5.74) is 1.68. The fourth-order valence-corrected chi connectivity index (χ4v) is 6.25. The van der Waals surface area contributed by atoms with Crippen molar-refractivity contribution < 1.29 is 23.1 Å². The number of hydrogen-bond donors (Lipinski definition) is 1. The highest BCUT2D eigenvalue weighted by molar-refractivity contribution is 7.89. The quantitative estimate of drug-likeness (QED) is 0.577. The number of hydrogen-bond acceptors (Lipinski definition) is 4. The van der Waals surface area contributed by atoms with Crippen LogP contribution in [-0.2, 0) is 19.6 Å². The molecule has 1 N–H and O–H groups in total. The standard InChI is InChI=1S/C24H28ClNO5S/c1-16-7-5-6-8-20(16)32(29,30)26-21(24(2,3)4)13-18(14-31-15-22(27)28)23(26)17-9-11-19(25)12-10-17/h5-13,21,23H,14-15H2,1-4H3,(H,27,28)/t21-,23-/m0/s1. The van der Waals surface area contributed by atoms with Crippen molar-refractivity contribution in [2.45, 2.75) is 44.7 Å². The summed E-state index contributed by atoms with van der Waals surface area (Å²) in [6, 6.07) is 12.8. The second-order valence-electron chi connectivity index (χ2n) is 8.99. The molecule has 8 heteroatoms. The molecule has 0 radical (unpaired) electrons. The molecule has 32 heavy (non-hydrogen) atoms. The maximum absolute atomic E-state index is 14.0. The number of carbonyl (C=O) groups is 1. The van der Waals surface area contributed by atoms with Crippen LogP contribution >= 0.6 is 11.6 Å². The lowest BCUT2D eigenvalue weighted by molar-refractivity contribution is -0.141. The van der Waals surface area contributed by atoms with Crippen LogP contribution in [0, 0.1) is 12.3 Å². The van der Waals surface area contributed by atoms with E-state index in [0.29, 0.717) is 16.2 Å². The number of carboxylic acids is 1. The van der Waals surface area contributed by atoms with Crippen LogP contribution in [0.2, 0.25) is 5.02 Å². The molecule has 0 bridgehead atoms. The third-order valence-electron chi connectivity index (χ3n) is 5.47. The van der Waals surface area contributed by atoms with E-state index in [9.17, 15) is 13.2 Å². The first kappa shape index (κ1) is 24.5. The third kappa shape index (κ3) is 5.07.